The van der Waals surface area contributed by atoms with Crippen LogP contribution in [0.5, 0.6) is 0 Å². The minimum absolute atomic E-state index is 0.189. The standard InChI is InChI=1S/C15H17N3O2/c1-9(15(19)20)11-7-18(8-11)14-13-6-4-3-5-12(13)10(2)16-17-14/h3-6,9,11H,7-8H2,1-2H3,(H,19,20). The molecule has 3 rings (SSSR count). The van der Waals surface area contributed by atoms with E-state index in [1.54, 1.807) is 6.92 Å². The molecule has 20 heavy (non-hydrogen) atoms. The van der Waals surface area contributed by atoms with Gasteiger partial charge in [-0.1, -0.05) is 31.2 Å². The smallest absolute Gasteiger partial charge is 0.306 e. The molecule has 0 bridgehead atoms. The van der Waals surface area contributed by atoms with Crippen LogP contribution in [0, 0.1) is 18.8 Å². The van der Waals surface area contributed by atoms with Gasteiger partial charge in [0.2, 0.25) is 0 Å². The molecule has 5 nitrogen and oxygen atoms in total. The molecule has 0 aliphatic carbocycles. The van der Waals surface area contributed by atoms with Crippen molar-refractivity contribution in [1.29, 1.82) is 0 Å². The van der Waals surface area contributed by atoms with E-state index in [9.17, 15) is 4.79 Å². The zero-order chi connectivity index (χ0) is 14.3. The maximum atomic E-state index is 11.0. The Balaban J connectivity index is 1.87. The number of hydrogen-bond donors (Lipinski definition) is 1. The second kappa shape index (κ2) is 4.74. The zero-order valence-electron chi connectivity index (χ0n) is 11.6. The van der Waals surface area contributed by atoms with Gasteiger partial charge in [-0.25, -0.2) is 0 Å². The van der Waals surface area contributed by atoms with Gasteiger partial charge in [0, 0.05) is 29.8 Å². The molecule has 1 aromatic heterocycles. The number of rotatable bonds is 3. The largest absolute Gasteiger partial charge is 0.481 e. The summed E-state index contributed by atoms with van der Waals surface area (Å²) in [5, 5.41) is 19.7. The summed E-state index contributed by atoms with van der Waals surface area (Å²) in [7, 11) is 0. The number of hydrogen-bond acceptors (Lipinski definition) is 4. The summed E-state index contributed by atoms with van der Waals surface area (Å²) >= 11 is 0. The highest BCUT2D eigenvalue weighted by molar-refractivity contribution is 5.93. The minimum atomic E-state index is -0.727. The van der Waals surface area contributed by atoms with Crippen molar-refractivity contribution in [1.82, 2.24) is 10.2 Å². The maximum absolute atomic E-state index is 11.0. The number of aryl methyl sites for hydroxylation is 1. The van der Waals surface area contributed by atoms with Crippen molar-refractivity contribution in [2.45, 2.75) is 13.8 Å². The molecule has 1 N–H and O–H groups in total. The third kappa shape index (κ3) is 1.99. The number of carbonyl (C=O) groups is 1. The Morgan fingerprint density at radius 2 is 1.95 bits per heavy atom. The SMILES string of the molecule is Cc1nnc(N2CC(C(C)C(=O)O)C2)c2ccccc12. The third-order valence-electron chi connectivity index (χ3n) is 4.16. The van der Waals surface area contributed by atoms with Crippen LogP contribution in [0.25, 0.3) is 10.8 Å². The first-order valence-corrected chi connectivity index (χ1v) is 6.77. The molecule has 1 aliphatic rings. The van der Waals surface area contributed by atoms with Gasteiger partial charge in [-0.2, -0.15) is 5.10 Å². The molecule has 1 aromatic carbocycles. The number of fused-ring (bicyclic) bond motifs is 1. The predicted molar refractivity (Wildman–Crippen MR) is 76.8 cm³/mol. The Labute approximate surface area is 117 Å². The van der Waals surface area contributed by atoms with Crippen molar-refractivity contribution in [3.63, 3.8) is 0 Å². The summed E-state index contributed by atoms with van der Waals surface area (Å²) < 4.78 is 0. The van der Waals surface area contributed by atoms with Crippen molar-refractivity contribution in [2.24, 2.45) is 11.8 Å². The number of benzene rings is 1. The van der Waals surface area contributed by atoms with E-state index in [-0.39, 0.29) is 11.8 Å². The van der Waals surface area contributed by atoms with Gasteiger partial charge in [0.25, 0.3) is 0 Å². The Kier molecular flexibility index (Phi) is 3.04. The average Bonchev–Trinajstić information content (AvgIpc) is 2.39. The number of aromatic nitrogens is 2. The summed E-state index contributed by atoms with van der Waals surface area (Å²) in [6.45, 7) is 5.18. The van der Waals surface area contributed by atoms with Gasteiger partial charge in [0.15, 0.2) is 5.82 Å². The summed E-state index contributed by atoms with van der Waals surface area (Å²) in [6, 6.07) is 8.07. The fraction of sp³-hybridized carbons (Fsp3) is 0.400. The van der Waals surface area contributed by atoms with Crippen molar-refractivity contribution in [2.75, 3.05) is 18.0 Å². The Hall–Kier alpha value is -2.17. The second-order valence-corrected chi connectivity index (χ2v) is 5.45. The van der Waals surface area contributed by atoms with Gasteiger partial charge in [-0.15, -0.1) is 5.10 Å². The number of aliphatic carboxylic acids is 1. The first kappa shape index (κ1) is 12.8. The number of carboxylic acids is 1. The molecular weight excluding hydrogens is 254 g/mol. The van der Waals surface area contributed by atoms with E-state index in [0.29, 0.717) is 0 Å². The third-order valence-corrected chi connectivity index (χ3v) is 4.16. The summed E-state index contributed by atoms with van der Waals surface area (Å²) in [5.41, 5.74) is 0.917. The molecular formula is C15H17N3O2. The number of carboxylic acid groups (broad SMARTS) is 1. The van der Waals surface area contributed by atoms with Crippen molar-refractivity contribution in [3.05, 3.63) is 30.0 Å². The van der Waals surface area contributed by atoms with Crippen LogP contribution >= 0.6 is 0 Å². The molecule has 0 radical (unpaired) electrons. The van der Waals surface area contributed by atoms with E-state index in [4.69, 9.17) is 5.11 Å². The first-order chi connectivity index (χ1) is 9.58. The fourth-order valence-electron chi connectivity index (χ4n) is 2.66. The molecule has 1 atom stereocenters. The van der Waals surface area contributed by atoms with Crippen LogP contribution in [0.1, 0.15) is 12.6 Å². The summed E-state index contributed by atoms with van der Waals surface area (Å²) in [5.74, 6) is 0.0137. The molecule has 2 aromatic rings. The molecule has 104 valence electrons. The second-order valence-electron chi connectivity index (χ2n) is 5.45. The van der Waals surface area contributed by atoms with Crippen LogP contribution in [0.2, 0.25) is 0 Å². The normalized spacial score (nSPS) is 17.0. The van der Waals surface area contributed by atoms with Gasteiger partial charge in [0.05, 0.1) is 11.6 Å². The van der Waals surface area contributed by atoms with E-state index in [0.717, 1.165) is 35.4 Å². The van der Waals surface area contributed by atoms with E-state index in [2.05, 4.69) is 15.1 Å². The van der Waals surface area contributed by atoms with Crippen LogP contribution in [-0.4, -0.2) is 34.4 Å². The molecule has 1 aliphatic heterocycles. The summed E-state index contributed by atoms with van der Waals surface area (Å²) in [4.78, 5) is 13.1. The predicted octanol–water partition coefficient (Wildman–Crippen LogP) is 2.10. The minimum Gasteiger partial charge on any atom is -0.481 e. The van der Waals surface area contributed by atoms with Gasteiger partial charge in [0.1, 0.15) is 0 Å². The monoisotopic (exact) mass is 271 g/mol. The quantitative estimate of drug-likeness (QED) is 0.926. The van der Waals surface area contributed by atoms with Gasteiger partial charge >= 0.3 is 5.97 Å². The van der Waals surface area contributed by atoms with Crippen LogP contribution in [0.15, 0.2) is 24.3 Å². The topological polar surface area (TPSA) is 66.3 Å². The zero-order valence-corrected chi connectivity index (χ0v) is 11.6. The molecule has 0 spiro atoms. The van der Waals surface area contributed by atoms with E-state index < -0.39 is 5.97 Å². The molecule has 1 saturated heterocycles. The van der Waals surface area contributed by atoms with Crippen molar-refractivity contribution in [3.8, 4) is 0 Å². The lowest BCUT2D eigenvalue weighted by molar-refractivity contribution is -0.143. The summed E-state index contributed by atoms with van der Waals surface area (Å²) in [6.07, 6.45) is 0. The molecule has 1 unspecified atom stereocenters. The van der Waals surface area contributed by atoms with Gasteiger partial charge in [-0.3, -0.25) is 4.79 Å². The molecule has 0 saturated carbocycles. The van der Waals surface area contributed by atoms with Crippen LogP contribution in [0.3, 0.4) is 0 Å². The first-order valence-electron chi connectivity index (χ1n) is 6.77. The van der Waals surface area contributed by atoms with Gasteiger partial charge < -0.3 is 10.0 Å². The molecule has 0 amide bonds. The Bertz CT molecular complexity index is 665. The Morgan fingerprint density at radius 1 is 1.30 bits per heavy atom. The van der Waals surface area contributed by atoms with Crippen LogP contribution < -0.4 is 4.90 Å². The van der Waals surface area contributed by atoms with Crippen LogP contribution in [-0.2, 0) is 4.79 Å². The fourth-order valence-corrected chi connectivity index (χ4v) is 2.66. The number of nitrogens with zero attached hydrogens (tertiary/aromatic N) is 3. The lowest BCUT2D eigenvalue weighted by Gasteiger charge is -2.42. The van der Waals surface area contributed by atoms with Crippen LogP contribution in [0.4, 0.5) is 5.82 Å². The van der Waals surface area contributed by atoms with E-state index >= 15 is 0 Å². The maximum Gasteiger partial charge on any atom is 0.306 e. The Morgan fingerprint density at radius 3 is 2.60 bits per heavy atom. The lowest BCUT2D eigenvalue weighted by Crippen LogP contribution is -2.51. The van der Waals surface area contributed by atoms with Crippen molar-refractivity contribution >= 4 is 22.6 Å². The highest BCUT2D eigenvalue weighted by Crippen LogP contribution is 2.32. The van der Waals surface area contributed by atoms with E-state index in [1.807, 2.05) is 31.2 Å². The highest BCUT2D eigenvalue weighted by atomic mass is 16.4. The lowest BCUT2D eigenvalue weighted by atomic mass is 9.87. The number of anilines is 1. The van der Waals surface area contributed by atoms with Gasteiger partial charge in [-0.05, 0) is 6.92 Å². The van der Waals surface area contributed by atoms with Crippen molar-refractivity contribution < 1.29 is 9.90 Å². The molecule has 5 heteroatoms. The average molecular weight is 271 g/mol. The molecule has 2 heterocycles. The van der Waals surface area contributed by atoms with E-state index in [1.165, 1.54) is 0 Å². The highest BCUT2D eigenvalue weighted by Gasteiger charge is 2.36. The molecule has 1 fully saturated rings.